The summed E-state index contributed by atoms with van der Waals surface area (Å²) >= 11 is 8.71. The number of aromatic nitrogens is 2. The van der Waals surface area contributed by atoms with Gasteiger partial charge in [-0.15, -0.1) is 10.2 Å². The standard InChI is InChI=1S/C16H15ClN4O2S2/c1-21(9-13-6-3-7-23-13)14(22)10-24-16-20-19-15(25-16)18-12-5-2-4-11(17)8-12/h2-8H,9-10H2,1H3,(H,18,19). The molecule has 0 unspecified atom stereocenters. The average molecular weight is 395 g/mol. The predicted octanol–water partition coefficient (Wildman–Crippen LogP) is 4.28. The van der Waals surface area contributed by atoms with Gasteiger partial charge in [0.1, 0.15) is 5.76 Å². The van der Waals surface area contributed by atoms with Crippen molar-refractivity contribution in [2.75, 3.05) is 18.1 Å². The van der Waals surface area contributed by atoms with Crippen molar-refractivity contribution < 1.29 is 9.21 Å². The lowest BCUT2D eigenvalue weighted by molar-refractivity contribution is -0.127. The van der Waals surface area contributed by atoms with Gasteiger partial charge in [-0.2, -0.15) is 0 Å². The molecule has 9 heteroatoms. The van der Waals surface area contributed by atoms with Crippen molar-refractivity contribution in [3.05, 3.63) is 53.4 Å². The maximum atomic E-state index is 12.2. The molecular formula is C16H15ClN4O2S2. The topological polar surface area (TPSA) is 71.3 Å². The molecule has 0 aliphatic rings. The van der Waals surface area contributed by atoms with Crippen LogP contribution in [0.4, 0.5) is 10.8 Å². The molecule has 0 aliphatic carbocycles. The molecule has 2 heterocycles. The Balaban J connectivity index is 1.50. The lowest BCUT2D eigenvalue weighted by Gasteiger charge is -2.14. The zero-order chi connectivity index (χ0) is 17.6. The molecule has 0 fully saturated rings. The normalized spacial score (nSPS) is 10.6. The van der Waals surface area contributed by atoms with Gasteiger partial charge in [0.25, 0.3) is 0 Å². The van der Waals surface area contributed by atoms with E-state index in [0.29, 0.717) is 22.5 Å². The Labute approximate surface area is 158 Å². The van der Waals surface area contributed by atoms with Gasteiger partial charge in [0.15, 0.2) is 4.34 Å². The number of rotatable bonds is 7. The fourth-order valence-corrected chi connectivity index (χ4v) is 3.87. The second-order valence-corrected chi connectivity index (χ2v) is 7.76. The van der Waals surface area contributed by atoms with E-state index >= 15 is 0 Å². The molecule has 25 heavy (non-hydrogen) atoms. The molecule has 130 valence electrons. The van der Waals surface area contributed by atoms with E-state index in [1.807, 2.05) is 24.3 Å². The first-order chi connectivity index (χ1) is 12.1. The second kappa shape index (κ2) is 8.37. The van der Waals surface area contributed by atoms with Crippen molar-refractivity contribution in [1.29, 1.82) is 0 Å². The molecule has 0 saturated carbocycles. The summed E-state index contributed by atoms with van der Waals surface area (Å²) in [6.45, 7) is 0.448. The van der Waals surface area contributed by atoms with E-state index in [2.05, 4.69) is 15.5 Å². The maximum Gasteiger partial charge on any atom is 0.233 e. The summed E-state index contributed by atoms with van der Waals surface area (Å²) in [5, 5.41) is 12.6. The van der Waals surface area contributed by atoms with Gasteiger partial charge in [0.05, 0.1) is 18.6 Å². The van der Waals surface area contributed by atoms with Crippen molar-refractivity contribution in [3.63, 3.8) is 0 Å². The Bertz CT molecular complexity index is 838. The molecule has 3 rings (SSSR count). The minimum atomic E-state index is 0.000880. The largest absolute Gasteiger partial charge is 0.467 e. The highest BCUT2D eigenvalue weighted by molar-refractivity contribution is 8.01. The zero-order valence-electron chi connectivity index (χ0n) is 13.3. The summed E-state index contributed by atoms with van der Waals surface area (Å²) < 4.78 is 5.97. The molecule has 0 spiro atoms. The quantitative estimate of drug-likeness (QED) is 0.603. The van der Waals surface area contributed by atoms with Gasteiger partial charge in [-0.25, -0.2) is 0 Å². The van der Waals surface area contributed by atoms with Crippen LogP contribution in [-0.4, -0.2) is 33.8 Å². The molecule has 0 aliphatic heterocycles. The molecule has 1 amide bonds. The van der Waals surface area contributed by atoms with Crippen LogP contribution in [0.25, 0.3) is 0 Å². The van der Waals surface area contributed by atoms with E-state index in [1.54, 1.807) is 30.3 Å². The molecule has 0 radical (unpaired) electrons. The van der Waals surface area contributed by atoms with Crippen molar-refractivity contribution >= 4 is 51.4 Å². The number of nitrogens with zero attached hydrogens (tertiary/aromatic N) is 3. The van der Waals surface area contributed by atoms with Crippen LogP contribution in [0.1, 0.15) is 5.76 Å². The van der Waals surface area contributed by atoms with E-state index in [1.165, 1.54) is 23.1 Å². The molecule has 1 N–H and O–H groups in total. The number of benzene rings is 1. The van der Waals surface area contributed by atoms with Crippen molar-refractivity contribution in [2.24, 2.45) is 0 Å². The first kappa shape index (κ1) is 17.8. The lowest BCUT2D eigenvalue weighted by atomic mass is 10.3. The first-order valence-electron chi connectivity index (χ1n) is 7.35. The smallest absolute Gasteiger partial charge is 0.233 e. The van der Waals surface area contributed by atoms with Crippen LogP contribution < -0.4 is 5.32 Å². The maximum absolute atomic E-state index is 12.2. The molecule has 0 saturated heterocycles. The second-order valence-electron chi connectivity index (χ2n) is 5.13. The summed E-state index contributed by atoms with van der Waals surface area (Å²) in [5.74, 6) is 1.05. The van der Waals surface area contributed by atoms with E-state index in [0.717, 1.165) is 15.8 Å². The van der Waals surface area contributed by atoms with Gasteiger partial charge in [-0.1, -0.05) is 40.8 Å². The van der Waals surface area contributed by atoms with Gasteiger partial charge >= 0.3 is 0 Å². The number of amides is 1. The van der Waals surface area contributed by atoms with Crippen LogP contribution in [0.3, 0.4) is 0 Å². The number of carbonyl (C=O) groups is 1. The molecule has 0 bridgehead atoms. The third-order valence-electron chi connectivity index (χ3n) is 3.20. The number of thioether (sulfide) groups is 1. The summed E-state index contributed by atoms with van der Waals surface area (Å²) in [4.78, 5) is 13.8. The number of furan rings is 1. The Morgan fingerprint density at radius 3 is 3.00 bits per heavy atom. The van der Waals surface area contributed by atoms with Crippen LogP contribution >= 0.6 is 34.7 Å². The van der Waals surface area contributed by atoms with Crippen LogP contribution in [0.2, 0.25) is 5.02 Å². The fourth-order valence-electron chi connectivity index (χ4n) is 1.97. The SMILES string of the molecule is CN(Cc1ccco1)C(=O)CSc1nnc(Nc2cccc(Cl)c2)s1. The minimum absolute atomic E-state index is 0.000880. The van der Waals surface area contributed by atoms with Crippen molar-refractivity contribution in [1.82, 2.24) is 15.1 Å². The minimum Gasteiger partial charge on any atom is -0.467 e. The average Bonchev–Trinajstić information content (AvgIpc) is 3.24. The molecule has 3 aromatic rings. The number of nitrogens with one attached hydrogen (secondary N) is 1. The monoisotopic (exact) mass is 394 g/mol. The molecule has 0 atom stereocenters. The van der Waals surface area contributed by atoms with Crippen LogP contribution in [0, 0.1) is 0 Å². The van der Waals surface area contributed by atoms with Crippen LogP contribution in [-0.2, 0) is 11.3 Å². The highest BCUT2D eigenvalue weighted by Crippen LogP contribution is 2.28. The molecule has 6 nitrogen and oxygen atoms in total. The Morgan fingerprint density at radius 2 is 2.24 bits per heavy atom. The van der Waals surface area contributed by atoms with Gasteiger partial charge < -0.3 is 14.6 Å². The summed E-state index contributed by atoms with van der Waals surface area (Å²) in [7, 11) is 1.75. The fraction of sp³-hybridized carbons (Fsp3) is 0.188. The van der Waals surface area contributed by atoms with Crippen LogP contribution in [0.5, 0.6) is 0 Å². The molecular weight excluding hydrogens is 380 g/mol. The highest BCUT2D eigenvalue weighted by atomic mass is 35.5. The lowest BCUT2D eigenvalue weighted by Crippen LogP contribution is -2.27. The Morgan fingerprint density at radius 1 is 1.36 bits per heavy atom. The van der Waals surface area contributed by atoms with Crippen molar-refractivity contribution in [3.8, 4) is 0 Å². The van der Waals surface area contributed by atoms with E-state index in [4.69, 9.17) is 16.0 Å². The van der Waals surface area contributed by atoms with Gasteiger partial charge in [-0.05, 0) is 30.3 Å². The number of anilines is 2. The molecule has 1 aromatic carbocycles. The Hall–Kier alpha value is -2.03. The third kappa shape index (κ3) is 5.22. The first-order valence-corrected chi connectivity index (χ1v) is 9.53. The Kier molecular flexibility index (Phi) is 5.95. The number of hydrogen-bond acceptors (Lipinski definition) is 7. The van der Waals surface area contributed by atoms with E-state index in [-0.39, 0.29) is 5.91 Å². The van der Waals surface area contributed by atoms with Gasteiger partial charge in [0, 0.05) is 17.8 Å². The van der Waals surface area contributed by atoms with Crippen LogP contribution in [0.15, 0.2) is 51.4 Å². The van der Waals surface area contributed by atoms with Gasteiger partial charge in [0.2, 0.25) is 11.0 Å². The summed E-state index contributed by atoms with van der Waals surface area (Å²) in [5.41, 5.74) is 0.842. The predicted molar refractivity (Wildman–Crippen MR) is 101 cm³/mol. The van der Waals surface area contributed by atoms with Gasteiger partial charge in [-0.3, -0.25) is 4.79 Å². The third-order valence-corrected chi connectivity index (χ3v) is 5.39. The van der Waals surface area contributed by atoms with E-state index in [9.17, 15) is 4.79 Å². The molecule has 2 aromatic heterocycles. The number of carbonyl (C=O) groups excluding carboxylic acids is 1. The number of halogens is 1. The zero-order valence-corrected chi connectivity index (χ0v) is 15.7. The van der Waals surface area contributed by atoms with E-state index < -0.39 is 0 Å². The van der Waals surface area contributed by atoms with Crippen molar-refractivity contribution in [2.45, 2.75) is 10.9 Å². The number of hydrogen-bond donors (Lipinski definition) is 1. The summed E-state index contributed by atoms with van der Waals surface area (Å²) in [6.07, 6.45) is 1.60. The summed E-state index contributed by atoms with van der Waals surface area (Å²) in [6, 6.07) is 11.0. The highest BCUT2D eigenvalue weighted by Gasteiger charge is 2.13.